The second-order valence-corrected chi connectivity index (χ2v) is 6.56. The quantitative estimate of drug-likeness (QED) is 0.525. The Morgan fingerprint density at radius 1 is 1.62 bits per heavy atom. The average Bonchev–Trinajstić information content (AvgIpc) is 3.06. The van der Waals surface area contributed by atoms with Crippen LogP contribution in [0.5, 0.6) is 0 Å². The number of hydrogen-bond donors (Lipinski definition) is 3. The molecule has 1 aliphatic heterocycles. The predicted octanol–water partition coefficient (Wildman–Crippen LogP) is 1.16. The van der Waals surface area contributed by atoms with Crippen molar-refractivity contribution in [2.75, 3.05) is 12.3 Å². The number of H-pyrrole nitrogens is 1. The molecule has 142 valence electrons. The van der Waals surface area contributed by atoms with E-state index >= 15 is 0 Å². The fraction of sp³-hybridized carbons (Fsp3) is 0.571. The highest BCUT2D eigenvalue weighted by Crippen LogP contribution is 2.45. The third kappa shape index (κ3) is 2.93. The van der Waals surface area contributed by atoms with Crippen LogP contribution >= 0.6 is 12.2 Å². The maximum Gasteiger partial charge on any atom is 0.331 e. The van der Waals surface area contributed by atoms with Crippen LogP contribution in [0, 0.1) is 10.6 Å². The molecule has 0 spiro atoms. The fourth-order valence-electron chi connectivity index (χ4n) is 2.65. The van der Waals surface area contributed by atoms with Gasteiger partial charge in [0.2, 0.25) is 6.23 Å². The van der Waals surface area contributed by atoms with Gasteiger partial charge in [0.1, 0.15) is 17.3 Å². The highest BCUT2D eigenvalue weighted by Gasteiger charge is 2.62. The van der Waals surface area contributed by atoms with Gasteiger partial charge in [-0.25, -0.2) is 9.97 Å². The van der Waals surface area contributed by atoms with E-state index in [1.807, 2.05) is 0 Å². The number of aromatic amines is 1. The van der Waals surface area contributed by atoms with Crippen molar-refractivity contribution in [2.45, 2.75) is 38.2 Å². The van der Waals surface area contributed by atoms with Crippen molar-refractivity contribution in [2.24, 2.45) is 5.92 Å². The number of carbonyl (C=O) groups is 1. The molecule has 0 amide bonds. The Balaban J connectivity index is 2.04. The number of hydrogen-bond acceptors (Lipinski definition) is 8. The van der Waals surface area contributed by atoms with E-state index in [1.54, 1.807) is 0 Å². The zero-order valence-electron chi connectivity index (χ0n) is 13.8. The first-order chi connectivity index (χ1) is 12.2. The SMILES string of the molecule is CC(C)C(=O)O[C@@H]1[C@@H](CO)O[C@@H](n2cnc3c(=S)nc(N)[nH]c32)C1(F)F. The summed E-state index contributed by atoms with van der Waals surface area (Å²) in [6.07, 6.45) is -4.15. The number of nitrogens with two attached hydrogens (primary N) is 1. The third-order valence-electron chi connectivity index (χ3n) is 3.96. The van der Waals surface area contributed by atoms with Crippen molar-refractivity contribution in [3.05, 3.63) is 11.0 Å². The number of esters is 1. The number of fused-ring (bicyclic) bond motifs is 1. The molecule has 3 atom stereocenters. The van der Waals surface area contributed by atoms with E-state index in [1.165, 1.54) is 13.8 Å². The minimum atomic E-state index is -3.64. The second-order valence-electron chi connectivity index (χ2n) is 6.17. The number of nitrogens with one attached hydrogen (secondary N) is 1. The molecule has 3 heterocycles. The number of imidazole rings is 1. The number of alkyl halides is 2. The van der Waals surface area contributed by atoms with Gasteiger partial charge in [-0.05, 0) is 0 Å². The Morgan fingerprint density at radius 2 is 2.31 bits per heavy atom. The Hall–Kier alpha value is -2.18. The van der Waals surface area contributed by atoms with Gasteiger partial charge in [-0.1, -0.05) is 26.1 Å². The average molecular weight is 389 g/mol. The van der Waals surface area contributed by atoms with Gasteiger partial charge in [-0.15, -0.1) is 0 Å². The number of rotatable bonds is 4. The predicted molar refractivity (Wildman–Crippen MR) is 87.8 cm³/mol. The molecule has 0 saturated carbocycles. The van der Waals surface area contributed by atoms with Crippen molar-refractivity contribution in [3.63, 3.8) is 0 Å². The molecular weight excluding hydrogens is 372 g/mol. The molecular formula is C14H17F2N5O4S. The van der Waals surface area contributed by atoms with Crippen LogP contribution in [0.2, 0.25) is 0 Å². The standard InChI is InChI=1S/C14H17F2N5O4S/c1-5(2)11(23)25-8-6(3-22)24-12(14(8,15)16)21-4-18-7-9(21)19-13(17)20-10(7)26/h4-6,8,12,22H,3H2,1-2H3,(H3,17,19,20,26)/t6-,8-,12-/m1/s1. The zero-order valence-corrected chi connectivity index (χ0v) is 14.7. The molecule has 0 radical (unpaired) electrons. The minimum Gasteiger partial charge on any atom is -0.453 e. The Labute approximate surface area is 151 Å². The van der Waals surface area contributed by atoms with E-state index < -0.39 is 42.9 Å². The molecule has 0 unspecified atom stereocenters. The van der Waals surface area contributed by atoms with Gasteiger partial charge in [-0.2, -0.15) is 8.78 Å². The Bertz CT molecular complexity index is 899. The molecule has 4 N–H and O–H groups in total. The number of carbonyl (C=O) groups excluding carboxylic acids is 1. The summed E-state index contributed by atoms with van der Waals surface area (Å²) < 4.78 is 41.2. The number of nitrogen functional groups attached to an aromatic ring is 1. The molecule has 0 aliphatic carbocycles. The van der Waals surface area contributed by atoms with Gasteiger partial charge >= 0.3 is 11.9 Å². The zero-order chi connectivity index (χ0) is 19.2. The molecule has 9 nitrogen and oxygen atoms in total. The molecule has 1 aliphatic rings. The summed E-state index contributed by atoms with van der Waals surface area (Å²) in [6, 6.07) is 0. The van der Waals surface area contributed by atoms with Crippen molar-refractivity contribution in [1.29, 1.82) is 0 Å². The normalized spacial score (nSPS) is 25.1. The first kappa shape index (κ1) is 18.6. The van der Waals surface area contributed by atoms with Gasteiger partial charge in [0, 0.05) is 0 Å². The largest absolute Gasteiger partial charge is 0.453 e. The number of nitrogens with zero attached hydrogens (tertiary/aromatic N) is 3. The van der Waals surface area contributed by atoms with Crippen LogP contribution in [0.1, 0.15) is 20.1 Å². The summed E-state index contributed by atoms with van der Waals surface area (Å²) in [6.45, 7) is 2.27. The lowest BCUT2D eigenvalue weighted by molar-refractivity contribution is -0.179. The summed E-state index contributed by atoms with van der Waals surface area (Å²) in [5.74, 6) is -5.15. The molecule has 26 heavy (non-hydrogen) atoms. The summed E-state index contributed by atoms with van der Waals surface area (Å²) >= 11 is 5.02. The summed E-state index contributed by atoms with van der Waals surface area (Å²) in [4.78, 5) is 22.2. The van der Waals surface area contributed by atoms with Crippen LogP contribution in [0.15, 0.2) is 6.33 Å². The lowest BCUT2D eigenvalue weighted by atomic mass is 10.1. The molecule has 1 fully saturated rings. The van der Waals surface area contributed by atoms with Gasteiger partial charge in [0.15, 0.2) is 16.7 Å². The maximum atomic E-state index is 15.0. The van der Waals surface area contributed by atoms with Crippen molar-refractivity contribution < 1.29 is 28.2 Å². The van der Waals surface area contributed by atoms with Crippen LogP contribution in [0.4, 0.5) is 14.7 Å². The number of aliphatic hydroxyl groups is 1. The first-order valence-corrected chi connectivity index (χ1v) is 8.14. The van der Waals surface area contributed by atoms with Crippen LogP contribution in [-0.4, -0.2) is 55.3 Å². The molecule has 12 heteroatoms. The molecule has 3 rings (SSSR count). The molecule has 2 aromatic heterocycles. The van der Waals surface area contributed by atoms with Crippen molar-refractivity contribution >= 4 is 35.3 Å². The first-order valence-electron chi connectivity index (χ1n) is 7.73. The van der Waals surface area contributed by atoms with E-state index in [0.29, 0.717) is 0 Å². The fourth-order valence-corrected chi connectivity index (χ4v) is 2.90. The Kier molecular flexibility index (Phi) is 4.67. The highest BCUT2D eigenvalue weighted by atomic mass is 32.1. The number of aliphatic hydroxyl groups excluding tert-OH is 1. The smallest absolute Gasteiger partial charge is 0.331 e. The Morgan fingerprint density at radius 3 is 2.92 bits per heavy atom. The molecule has 0 bridgehead atoms. The highest BCUT2D eigenvalue weighted by molar-refractivity contribution is 7.71. The monoisotopic (exact) mass is 389 g/mol. The van der Waals surface area contributed by atoms with Gasteiger partial charge in [0.25, 0.3) is 0 Å². The minimum absolute atomic E-state index is 0.0396. The summed E-state index contributed by atoms with van der Waals surface area (Å²) in [5, 5.41) is 9.41. The maximum absolute atomic E-state index is 15.0. The van der Waals surface area contributed by atoms with E-state index in [0.717, 1.165) is 10.9 Å². The van der Waals surface area contributed by atoms with Crippen LogP contribution in [-0.2, 0) is 14.3 Å². The number of halogens is 2. The number of ether oxygens (including phenoxy) is 2. The van der Waals surface area contributed by atoms with E-state index in [9.17, 15) is 18.7 Å². The number of aromatic nitrogens is 4. The van der Waals surface area contributed by atoms with E-state index in [4.69, 9.17) is 27.4 Å². The van der Waals surface area contributed by atoms with Gasteiger partial charge < -0.3 is 25.3 Å². The van der Waals surface area contributed by atoms with Crippen LogP contribution < -0.4 is 5.73 Å². The third-order valence-corrected chi connectivity index (χ3v) is 4.25. The topological polar surface area (TPSA) is 128 Å². The number of anilines is 1. The van der Waals surface area contributed by atoms with Crippen molar-refractivity contribution in [1.82, 2.24) is 19.5 Å². The summed E-state index contributed by atoms with van der Waals surface area (Å²) in [5.41, 5.74) is 5.83. The van der Waals surface area contributed by atoms with Gasteiger partial charge in [0.05, 0.1) is 18.9 Å². The van der Waals surface area contributed by atoms with Gasteiger partial charge in [-0.3, -0.25) is 9.36 Å². The molecule has 0 aromatic carbocycles. The van der Waals surface area contributed by atoms with E-state index in [2.05, 4.69) is 15.0 Å². The van der Waals surface area contributed by atoms with E-state index in [-0.39, 0.29) is 21.8 Å². The van der Waals surface area contributed by atoms with Crippen LogP contribution in [0.25, 0.3) is 11.2 Å². The van der Waals surface area contributed by atoms with Crippen molar-refractivity contribution in [3.8, 4) is 0 Å². The van der Waals surface area contributed by atoms with Crippen LogP contribution in [0.3, 0.4) is 0 Å². The lowest BCUT2D eigenvalue weighted by Gasteiger charge is -2.24. The lowest BCUT2D eigenvalue weighted by Crippen LogP contribution is -2.43. The summed E-state index contributed by atoms with van der Waals surface area (Å²) in [7, 11) is 0. The second kappa shape index (κ2) is 6.52. The molecule has 1 saturated heterocycles. The molecule has 2 aromatic rings.